The number of hydrogen-bond donors (Lipinski definition) is 1. The minimum atomic E-state index is 0.605. The van der Waals surface area contributed by atoms with Gasteiger partial charge in [0.05, 0.1) is 6.54 Å². The van der Waals surface area contributed by atoms with Gasteiger partial charge in [-0.2, -0.15) is 0 Å². The summed E-state index contributed by atoms with van der Waals surface area (Å²) in [7, 11) is 3.88. The SMILES string of the molecule is CN=C(NC1CCC1)N(C)CCOc1ccccc1C. The number of nitrogens with zero attached hydrogens (tertiary/aromatic N) is 2. The number of ether oxygens (including phenoxy) is 1. The molecule has 0 spiro atoms. The molecule has 0 aliphatic heterocycles. The lowest BCUT2D eigenvalue weighted by molar-refractivity contribution is 0.275. The monoisotopic (exact) mass is 275 g/mol. The lowest BCUT2D eigenvalue weighted by Crippen LogP contribution is -2.47. The van der Waals surface area contributed by atoms with Crippen LogP contribution in [0.3, 0.4) is 0 Å². The largest absolute Gasteiger partial charge is 0.491 e. The maximum atomic E-state index is 5.82. The maximum Gasteiger partial charge on any atom is 0.193 e. The molecule has 1 aliphatic carbocycles. The number of aliphatic imine (C=N–C) groups is 1. The summed E-state index contributed by atoms with van der Waals surface area (Å²) in [5.74, 6) is 1.92. The number of benzene rings is 1. The van der Waals surface area contributed by atoms with Gasteiger partial charge in [-0.05, 0) is 37.8 Å². The third kappa shape index (κ3) is 3.89. The van der Waals surface area contributed by atoms with Crippen LogP contribution in [-0.2, 0) is 0 Å². The van der Waals surface area contributed by atoms with E-state index < -0.39 is 0 Å². The number of guanidine groups is 1. The van der Waals surface area contributed by atoms with E-state index in [4.69, 9.17) is 4.74 Å². The van der Waals surface area contributed by atoms with Crippen molar-refractivity contribution in [3.05, 3.63) is 29.8 Å². The van der Waals surface area contributed by atoms with Crippen LogP contribution in [0.5, 0.6) is 5.75 Å². The van der Waals surface area contributed by atoms with Gasteiger partial charge >= 0.3 is 0 Å². The highest BCUT2D eigenvalue weighted by atomic mass is 16.5. The Morgan fingerprint density at radius 3 is 2.75 bits per heavy atom. The second-order valence-electron chi connectivity index (χ2n) is 5.35. The minimum Gasteiger partial charge on any atom is -0.491 e. The van der Waals surface area contributed by atoms with Gasteiger partial charge in [-0.15, -0.1) is 0 Å². The lowest BCUT2D eigenvalue weighted by atomic mass is 9.93. The zero-order valence-electron chi connectivity index (χ0n) is 12.7. The Morgan fingerprint density at radius 2 is 2.15 bits per heavy atom. The predicted molar refractivity (Wildman–Crippen MR) is 83.4 cm³/mol. The standard InChI is InChI=1S/C16H25N3O/c1-13-7-4-5-10-15(13)20-12-11-19(3)16(17-2)18-14-8-6-9-14/h4-5,7,10,14H,6,8-9,11-12H2,1-3H3,(H,17,18). The summed E-state index contributed by atoms with van der Waals surface area (Å²) in [5, 5.41) is 3.48. The molecule has 0 radical (unpaired) electrons. The molecule has 0 amide bonds. The van der Waals surface area contributed by atoms with Gasteiger partial charge < -0.3 is 15.0 Å². The normalized spacial score (nSPS) is 15.7. The zero-order chi connectivity index (χ0) is 14.4. The molecule has 1 aliphatic rings. The molecule has 110 valence electrons. The molecule has 2 rings (SSSR count). The van der Waals surface area contributed by atoms with Crippen molar-refractivity contribution < 1.29 is 4.74 Å². The van der Waals surface area contributed by atoms with Crippen LogP contribution in [0.1, 0.15) is 24.8 Å². The zero-order valence-corrected chi connectivity index (χ0v) is 12.7. The molecule has 20 heavy (non-hydrogen) atoms. The molecule has 0 saturated heterocycles. The summed E-state index contributed by atoms with van der Waals surface area (Å²) < 4.78 is 5.82. The maximum absolute atomic E-state index is 5.82. The Kier molecular flexibility index (Phi) is 5.27. The lowest BCUT2D eigenvalue weighted by Gasteiger charge is -2.31. The van der Waals surface area contributed by atoms with E-state index in [1.165, 1.54) is 24.8 Å². The van der Waals surface area contributed by atoms with Gasteiger partial charge in [0, 0.05) is 20.1 Å². The molecule has 4 nitrogen and oxygen atoms in total. The molecule has 1 aromatic rings. The minimum absolute atomic E-state index is 0.605. The number of nitrogens with one attached hydrogen (secondary N) is 1. The average Bonchev–Trinajstić information content (AvgIpc) is 2.40. The smallest absolute Gasteiger partial charge is 0.193 e. The first-order chi connectivity index (χ1) is 9.70. The average molecular weight is 275 g/mol. The van der Waals surface area contributed by atoms with E-state index in [2.05, 4.69) is 35.2 Å². The summed E-state index contributed by atoms with van der Waals surface area (Å²) in [6.07, 6.45) is 3.84. The van der Waals surface area contributed by atoms with E-state index in [0.29, 0.717) is 12.6 Å². The highest BCUT2D eigenvalue weighted by Gasteiger charge is 2.19. The molecule has 0 aromatic heterocycles. The first kappa shape index (κ1) is 14.7. The first-order valence-corrected chi connectivity index (χ1v) is 7.33. The third-order valence-electron chi connectivity index (χ3n) is 3.79. The molecule has 4 heteroatoms. The molecule has 1 fully saturated rings. The number of aryl methyl sites for hydroxylation is 1. The Morgan fingerprint density at radius 1 is 1.40 bits per heavy atom. The van der Waals surface area contributed by atoms with Gasteiger partial charge in [-0.25, -0.2) is 0 Å². The van der Waals surface area contributed by atoms with Crippen LogP contribution in [0.4, 0.5) is 0 Å². The van der Waals surface area contributed by atoms with Crippen molar-refractivity contribution in [1.29, 1.82) is 0 Å². The van der Waals surface area contributed by atoms with Gasteiger partial charge in [-0.3, -0.25) is 4.99 Å². The summed E-state index contributed by atoms with van der Waals surface area (Å²) in [4.78, 5) is 6.45. The number of rotatable bonds is 5. The summed E-state index contributed by atoms with van der Waals surface area (Å²) in [6.45, 7) is 3.55. The molecule has 0 unspecified atom stereocenters. The Hall–Kier alpha value is -1.71. The van der Waals surface area contributed by atoms with Crippen LogP contribution in [0.2, 0.25) is 0 Å². The Labute approximate surface area is 121 Å². The van der Waals surface area contributed by atoms with Crippen LogP contribution < -0.4 is 10.1 Å². The van der Waals surface area contributed by atoms with Crippen LogP contribution in [0, 0.1) is 6.92 Å². The second-order valence-corrected chi connectivity index (χ2v) is 5.35. The summed E-state index contributed by atoms with van der Waals surface area (Å²) in [6, 6.07) is 8.71. The van der Waals surface area contributed by atoms with E-state index in [-0.39, 0.29) is 0 Å². The van der Waals surface area contributed by atoms with Crippen molar-refractivity contribution in [2.24, 2.45) is 4.99 Å². The Balaban J connectivity index is 1.76. The van der Waals surface area contributed by atoms with E-state index in [9.17, 15) is 0 Å². The molecule has 1 aromatic carbocycles. The highest BCUT2D eigenvalue weighted by molar-refractivity contribution is 5.80. The summed E-state index contributed by atoms with van der Waals surface area (Å²) in [5.41, 5.74) is 1.17. The van der Waals surface area contributed by atoms with Crippen molar-refractivity contribution in [3.63, 3.8) is 0 Å². The molecule has 1 N–H and O–H groups in total. The van der Waals surface area contributed by atoms with Gasteiger partial charge in [0.1, 0.15) is 12.4 Å². The van der Waals surface area contributed by atoms with Crippen molar-refractivity contribution in [2.75, 3.05) is 27.2 Å². The number of hydrogen-bond acceptors (Lipinski definition) is 2. The molecule has 0 bridgehead atoms. The fourth-order valence-electron chi connectivity index (χ4n) is 2.20. The van der Waals surface area contributed by atoms with Crippen LogP contribution in [-0.4, -0.2) is 44.1 Å². The second kappa shape index (κ2) is 7.17. The molecular weight excluding hydrogens is 250 g/mol. The van der Waals surface area contributed by atoms with Crippen LogP contribution in [0.15, 0.2) is 29.3 Å². The van der Waals surface area contributed by atoms with Gasteiger partial charge in [0.2, 0.25) is 0 Å². The van der Waals surface area contributed by atoms with Gasteiger partial charge in [-0.1, -0.05) is 18.2 Å². The summed E-state index contributed by atoms with van der Waals surface area (Å²) >= 11 is 0. The topological polar surface area (TPSA) is 36.9 Å². The van der Waals surface area contributed by atoms with Crippen molar-refractivity contribution in [2.45, 2.75) is 32.2 Å². The van der Waals surface area contributed by atoms with Crippen molar-refractivity contribution >= 4 is 5.96 Å². The van der Waals surface area contributed by atoms with E-state index in [1.54, 1.807) is 0 Å². The number of para-hydroxylation sites is 1. The first-order valence-electron chi connectivity index (χ1n) is 7.33. The van der Waals surface area contributed by atoms with Gasteiger partial charge in [0.15, 0.2) is 5.96 Å². The fraction of sp³-hybridized carbons (Fsp3) is 0.562. The van der Waals surface area contributed by atoms with Gasteiger partial charge in [0.25, 0.3) is 0 Å². The van der Waals surface area contributed by atoms with Crippen LogP contribution in [0.25, 0.3) is 0 Å². The Bertz CT molecular complexity index is 455. The molecule has 1 saturated carbocycles. The predicted octanol–water partition coefficient (Wildman–Crippen LogP) is 2.43. The van der Waals surface area contributed by atoms with E-state index >= 15 is 0 Å². The van der Waals surface area contributed by atoms with Crippen LogP contribution >= 0.6 is 0 Å². The fourth-order valence-corrected chi connectivity index (χ4v) is 2.20. The molecule has 0 atom stereocenters. The van der Waals surface area contributed by atoms with Crippen molar-refractivity contribution in [1.82, 2.24) is 10.2 Å². The number of likely N-dealkylation sites (N-methyl/N-ethyl adjacent to an activating group) is 1. The molecular formula is C16H25N3O. The highest BCUT2D eigenvalue weighted by Crippen LogP contribution is 2.18. The van der Waals surface area contributed by atoms with E-state index in [0.717, 1.165) is 18.3 Å². The quantitative estimate of drug-likeness (QED) is 0.662. The third-order valence-corrected chi connectivity index (χ3v) is 3.79. The van der Waals surface area contributed by atoms with Crippen molar-refractivity contribution in [3.8, 4) is 5.75 Å². The van der Waals surface area contributed by atoms with E-state index in [1.807, 2.05) is 25.2 Å². The molecule has 0 heterocycles.